The Bertz CT molecular complexity index is 918. The Morgan fingerprint density at radius 3 is 2.58 bits per heavy atom. The van der Waals surface area contributed by atoms with E-state index in [2.05, 4.69) is 10.3 Å². The molecule has 0 spiro atoms. The zero-order valence-corrected chi connectivity index (χ0v) is 14.1. The summed E-state index contributed by atoms with van der Waals surface area (Å²) in [4.78, 5) is 27.3. The van der Waals surface area contributed by atoms with Crippen molar-refractivity contribution in [3.05, 3.63) is 71.9 Å². The average Bonchev–Trinajstić information content (AvgIpc) is 2.67. The number of nitrogens with zero attached hydrogens (tertiary/aromatic N) is 1. The maximum atomic E-state index is 12.2. The predicted molar refractivity (Wildman–Crippen MR) is 98.9 cm³/mol. The molecule has 0 bridgehead atoms. The molecule has 0 radical (unpaired) electrons. The molecule has 6 nitrogen and oxygen atoms in total. The Hall–Kier alpha value is -3.41. The van der Waals surface area contributed by atoms with Crippen LogP contribution in [0.3, 0.4) is 0 Å². The van der Waals surface area contributed by atoms with E-state index in [-0.39, 0.29) is 12.5 Å². The van der Waals surface area contributed by atoms with Crippen LogP contribution in [0.15, 0.2) is 60.8 Å². The maximum Gasteiger partial charge on any atom is 0.255 e. The van der Waals surface area contributed by atoms with Gasteiger partial charge in [-0.3, -0.25) is 14.6 Å². The summed E-state index contributed by atoms with van der Waals surface area (Å²) in [6.07, 6.45) is 2.46. The van der Waals surface area contributed by atoms with E-state index in [1.54, 1.807) is 30.5 Å². The molecular formula is C20H19N3O3. The minimum absolute atomic E-state index is 0.167. The fourth-order valence-electron chi connectivity index (χ4n) is 2.64. The molecule has 6 heteroatoms. The third-order valence-electron chi connectivity index (χ3n) is 3.89. The summed E-state index contributed by atoms with van der Waals surface area (Å²) < 4.78 is 5.17. The largest absolute Gasteiger partial charge is 0.484 e. The SMILES string of the molecule is NC(=O)COc1ccc(C(=O)NCCc2cccc3cccnc23)cc1. The van der Waals surface area contributed by atoms with Crippen LogP contribution in [-0.4, -0.2) is 29.9 Å². The lowest BCUT2D eigenvalue weighted by molar-refractivity contribution is -0.119. The molecule has 132 valence electrons. The first-order chi connectivity index (χ1) is 12.6. The quantitative estimate of drug-likeness (QED) is 0.683. The molecule has 0 aliphatic carbocycles. The molecule has 1 heterocycles. The van der Waals surface area contributed by atoms with E-state index in [4.69, 9.17) is 10.5 Å². The lowest BCUT2D eigenvalue weighted by atomic mass is 10.1. The number of hydrogen-bond donors (Lipinski definition) is 2. The van der Waals surface area contributed by atoms with Gasteiger partial charge in [0.15, 0.2) is 6.61 Å². The van der Waals surface area contributed by atoms with Gasteiger partial charge < -0.3 is 15.8 Å². The number of nitrogens with two attached hydrogens (primary N) is 1. The van der Waals surface area contributed by atoms with Gasteiger partial charge in [-0.1, -0.05) is 24.3 Å². The van der Waals surface area contributed by atoms with Gasteiger partial charge in [0, 0.05) is 23.7 Å². The number of hydrogen-bond acceptors (Lipinski definition) is 4. The van der Waals surface area contributed by atoms with Crippen LogP contribution in [0, 0.1) is 0 Å². The first kappa shape index (κ1) is 17.4. The molecule has 0 fully saturated rings. The second-order valence-corrected chi connectivity index (χ2v) is 5.78. The van der Waals surface area contributed by atoms with Crippen molar-refractivity contribution in [1.82, 2.24) is 10.3 Å². The lowest BCUT2D eigenvalue weighted by Gasteiger charge is -2.08. The number of pyridine rings is 1. The van der Waals surface area contributed by atoms with Crippen molar-refractivity contribution >= 4 is 22.7 Å². The Morgan fingerprint density at radius 2 is 1.81 bits per heavy atom. The van der Waals surface area contributed by atoms with Gasteiger partial charge >= 0.3 is 0 Å². The predicted octanol–water partition coefficient (Wildman–Crippen LogP) is 2.07. The lowest BCUT2D eigenvalue weighted by Crippen LogP contribution is -2.25. The standard InChI is InChI=1S/C20H19N3O3/c21-18(24)13-26-17-8-6-16(7-9-17)20(25)23-12-10-15-4-1-3-14-5-2-11-22-19(14)15/h1-9,11H,10,12-13H2,(H2,21,24)(H,23,25). The second kappa shape index (κ2) is 8.11. The fourth-order valence-corrected chi connectivity index (χ4v) is 2.64. The summed E-state index contributed by atoms with van der Waals surface area (Å²) in [6, 6.07) is 16.5. The Morgan fingerprint density at radius 1 is 1.04 bits per heavy atom. The van der Waals surface area contributed by atoms with E-state index in [1.807, 2.05) is 30.3 Å². The normalized spacial score (nSPS) is 10.5. The van der Waals surface area contributed by atoms with Gasteiger partial charge in [0.05, 0.1) is 5.52 Å². The maximum absolute atomic E-state index is 12.2. The van der Waals surface area contributed by atoms with Crippen molar-refractivity contribution in [3.63, 3.8) is 0 Å². The topological polar surface area (TPSA) is 94.3 Å². The van der Waals surface area contributed by atoms with E-state index in [9.17, 15) is 9.59 Å². The summed E-state index contributed by atoms with van der Waals surface area (Å²) in [5.41, 5.74) is 7.60. The average molecular weight is 349 g/mol. The molecule has 1 aromatic heterocycles. The van der Waals surface area contributed by atoms with Gasteiger partial charge in [-0.15, -0.1) is 0 Å². The Kier molecular flexibility index (Phi) is 5.43. The molecule has 26 heavy (non-hydrogen) atoms. The molecule has 3 rings (SSSR count). The molecule has 0 unspecified atom stereocenters. The first-order valence-electron chi connectivity index (χ1n) is 8.25. The number of fused-ring (bicyclic) bond motifs is 1. The summed E-state index contributed by atoms with van der Waals surface area (Å²) >= 11 is 0. The van der Waals surface area contributed by atoms with Crippen molar-refractivity contribution in [2.45, 2.75) is 6.42 Å². The molecule has 2 amide bonds. The Labute approximate surface area is 151 Å². The number of primary amides is 1. The number of benzene rings is 2. The van der Waals surface area contributed by atoms with Crippen molar-refractivity contribution < 1.29 is 14.3 Å². The number of para-hydroxylation sites is 1. The van der Waals surface area contributed by atoms with E-state index in [0.717, 1.165) is 16.5 Å². The van der Waals surface area contributed by atoms with Crippen molar-refractivity contribution in [1.29, 1.82) is 0 Å². The number of aromatic nitrogens is 1. The van der Waals surface area contributed by atoms with Crippen molar-refractivity contribution in [2.75, 3.05) is 13.2 Å². The van der Waals surface area contributed by atoms with Gasteiger partial charge in [0.25, 0.3) is 11.8 Å². The summed E-state index contributed by atoms with van der Waals surface area (Å²) in [5.74, 6) is -0.225. The van der Waals surface area contributed by atoms with E-state index in [1.165, 1.54) is 0 Å². The first-order valence-corrected chi connectivity index (χ1v) is 8.25. The van der Waals surface area contributed by atoms with E-state index < -0.39 is 5.91 Å². The number of ether oxygens (including phenoxy) is 1. The molecule has 0 saturated heterocycles. The molecule has 3 aromatic rings. The molecule has 0 atom stereocenters. The van der Waals surface area contributed by atoms with Crippen molar-refractivity contribution in [3.8, 4) is 5.75 Å². The van der Waals surface area contributed by atoms with Crippen LogP contribution in [0.4, 0.5) is 0 Å². The number of amides is 2. The number of carbonyl (C=O) groups excluding carboxylic acids is 2. The minimum atomic E-state index is -0.547. The fraction of sp³-hybridized carbons (Fsp3) is 0.150. The number of carbonyl (C=O) groups is 2. The van der Waals surface area contributed by atoms with Gasteiger partial charge in [0.1, 0.15) is 5.75 Å². The zero-order chi connectivity index (χ0) is 18.4. The molecular weight excluding hydrogens is 330 g/mol. The monoisotopic (exact) mass is 349 g/mol. The van der Waals surface area contributed by atoms with Gasteiger partial charge in [-0.05, 0) is 42.3 Å². The van der Waals surface area contributed by atoms with Gasteiger partial charge in [0.2, 0.25) is 0 Å². The summed E-state index contributed by atoms with van der Waals surface area (Å²) in [7, 11) is 0. The zero-order valence-electron chi connectivity index (χ0n) is 14.1. The highest BCUT2D eigenvalue weighted by molar-refractivity contribution is 5.94. The van der Waals surface area contributed by atoms with E-state index >= 15 is 0 Å². The highest BCUT2D eigenvalue weighted by Crippen LogP contribution is 2.16. The minimum Gasteiger partial charge on any atom is -0.484 e. The molecule has 0 aliphatic rings. The second-order valence-electron chi connectivity index (χ2n) is 5.78. The third-order valence-corrected chi connectivity index (χ3v) is 3.89. The molecule has 2 aromatic carbocycles. The molecule has 3 N–H and O–H groups in total. The number of rotatable bonds is 7. The van der Waals surface area contributed by atoms with Gasteiger partial charge in [-0.25, -0.2) is 0 Å². The van der Waals surface area contributed by atoms with Crippen LogP contribution in [0.2, 0.25) is 0 Å². The highest BCUT2D eigenvalue weighted by atomic mass is 16.5. The molecule has 0 aliphatic heterocycles. The van der Waals surface area contributed by atoms with Crippen LogP contribution < -0.4 is 15.8 Å². The van der Waals surface area contributed by atoms with Crippen LogP contribution in [0.1, 0.15) is 15.9 Å². The van der Waals surface area contributed by atoms with Gasteiger partial charge in [-0.2, -0.15) is 0 Å². The van der Waals surface area contributed by atoms with Crippen LogP contribution >= 0.6 is 0 Å². The Balaban J connectivity index is 1.56. The summed E-state index contributed by atoms with van der Waals surface area (Å²) in [5, 5.41) is 3.99. The highest BCUT2D eigenvalue weighted by Gasteiger charge is 2.07. The third kappa shape index (κ3) is 4.36. The molecule has 0 saturated carbocycles. The summed E-state index contributed by atoms with van der Waals surface area (Å²) in [6.45, 7) is 0.319. The number of nitrogens with one attached hydrogen (secondary N) is 1. The van der Waals surface area contributed by atoms with Crippen LogP contribution in [-0.2, 0) is 11.2 Å². The van der Waals surface area contributed by atoms with Crippen LogP contribution in [0.25, 0.3) is 10.9 Å². The smallest absolute Gasteiger partial charge is 0.255 e. The van der Waals surface area contributed by atoms with Crippen LogP contribution in [0.5, 0.6) is 5.75 Å². The van der Waals surface area contributed by atoms with Crippen molar-refractivity contribution in [2.24, 2.45) is 5.73 Å². The van der Waals surface area contributed by atoms with E-state index in [0.29, 0.717) is 24.3 Å².